The van der Waals surface area contributed by atoms with E-state index in [9.17, 15) is 4.79 Å². The van der Waals surface area contributed by atoms with Gasteiger partial charge in [-0.1, -0.05) is 11.6 Å². The van der Waals surface area contributed by atoms with Crippen molar-refractivity contribution in [3.63, 3.8) is 0 Å². The molecule has 1 aromatic heterocycles. The highest BCUT2D eigenvalue weighted by molar-refractivity contribution is 6.30. The molecule has 2 nitrogen and oxygen atoms in total. The third kappa shape index (κ3) is 1.21. The van der Waals surface area contributed by atoms with Crippen LogP contribution in [0.2, 0.25) is 5.02 Å². The second-order valence-electron chi connectivity index (χ2n) is 2.25. The van der Waals surface area contributed by atoms with Crippen molar-refractivity contribution in [2.24, 2.45) is 0 Å². The van der Waals surface area contributed by atoms with E-state index in [0.29, 0.717) is 0 Å². The quantitative estimate of drug-likeness (QED) is 0.610. The SMILES string of the molecule is Cc1cc(Cl)c(=O)[nH]c1C. The van der Waals surface area contributed by atoms with Crippen molar-refractivity contribution in [2.75, 3.05) is 0 Å². The van der Waals surface area contributed by atoms with Gasteiger partial charge in [-0.3, -0.25) is 4.79 Å². The van der Waals surface area contributed by atoms with E-state index >= 15 is 0 Å². The lowest BCUT2D eigenvalue weighted by atomic mass is 10.2. The van der Waals surface area contributed by atoms with Gasteiger partial charge in [-0.05, 0) is 25.5 Å². The van der Waals surface area contributed by atoms with Gasteiger partial charge < -0.3 is 4.98 Å². The Morgan fingerprint density at radius 1 is 1.50 bits per heavy atom. The van der Waals surface area contributed by atoms with E-state index in [-0.39, 0.29) is 10.6 Å². The van der Waals surface area contributed by atoms with Crippen molar-refractivity contribution in [3.05, 3.63) is 32.7 Å². The number of H-pyrrole nitrogens is 1. The highest BCUT2D eigenvalue weighted by atomic mass is 35.5. The molecule has 0 bridgehead atoms. The van der Waals surface area contributed by atoms with Crippen LogP contribution >= 0.6 is 11.6 Å². The summed E-state index contributed by atoms with van der Waals surface area (Å²) in [5, 5.41) is 0.253. The number of rotatable bonds is 0. The lowest BCUT2D eigenvalue weighted by molar-refractivity contribution is 1.10. The first kappa shape index (κ1) is 7.35. The molecule has 0 spiro atoms. The predicted molar refractivity (Wildman–Crippen MR) is 41.5 cm³/mol. The van der Waals surface area contributed by atoms with Crippen molar-refractivity contribution in [1.29, 1.82) is 0 Å². The molecule has 1 N–H and O–H groups in total. The Morgan fingerprint density at radius 2 is 2.10 bits per heavy atom. The molecule has 1 aromatic rings. The van der Waals surface area contributed by atoms with E-state index in [4.69, 9.17) is 11.6 Å². The van der Waals surface area contributed by atoms with Gasteiger partial charge in [-0.15, -0.1) is 0 Å². The highest BCUT2D eigenvalue weighted by Crippen LogP contribution is 2.05. The average molecular weight is 158 g/mol. The number of hydrogen-bond donors (Lipinski definition) is 1. The van der Waals surface area contributed by atoms with E-state index in [0.717, 1.165) is 11.3 Å². The van der Waals surface area contributed by atoms with Crippen LogP contribution in [0.3, 0.4) is 0 Å². The largest absolute Gasteiger partial charge is 0.325 e. The monoisotopic (exact) mass is 157 g/mol. The topological polar surface area (TPSA) is 32.9 Å². The first-order valence-electron chi connectivity index (χ1n) is 2.97. The van der Waals surface area contributed by atoms with E-state index in [1.807, 2.05) is 13.8 Å². The van der Waals surface area contributed by atoms with Crippen LogP contribution in [0.15, 0.2) is 10.9 Å². The maximum atomic E-state index is 10.8. The van der Waals surface area contributed by atoms with Crippen LogP contribution in [0.5, 0.6) is 0 Å². The van der Waals surface area contributed by atoms with Crippen LogP contribution < -0.4 is 5.56 Å². The molecule has 3 heteroatoms. The Bertz CT molecular complexity index is 303. The summed E-state index contributed by atoms with van der Waals surface area (Å²) in [4.78, 5) is 13.4. The van der Waals surface area contributed by atoms with Gasteiger partial charge in [0.25, 0.3) is 5.56 Å². The number of nitrogens with one attached hydrogen (secondary N) is 1. The second kappa shape index (κ2) is 2.46. The van der Waals surface area contributed by atoms with Gasteiger partial charge >= 0.3 is 0 Å². The molecule has 1 heterocycles. The van der Waals surface area contributed by atoms with Crippen LogP contribution in [-0.4, -0.2) is 4.98 Å². The number of aromatic amines is 1. The van der Waals surface area contributed by atoms with Gasteiger partial charge in [0.2, 0.25) is 0 Å². The van der Waals surface area contributed by atoms with Gasteiger partial charge in [-0.25, -0.2) is 0 Å². The summed E-state index contributed by atoms with van der Waals surface area (Å²) >= 11 is 5.54. The molecule has 1 rings (SSSR count). The number of aryl methyl sites for hydroxylation is 2. The molecule has 0 amide bonds. The molecule has 54 valence electrons. The minimum Gasteiger partial charge on any atom is -0.325 e. The molecule has 0 fully saturated rings. The molecule has 0 aliphatic carbocycles. The third-order valence-corrected chi connectivity index (χ3v) is 1.73. The summed E-state index contributed by atoms with van der Waals surface area (Å²) in [7, 11) is 0. The molecule has 0 radical (unpaired) electrons. The summed E-state index contributed by atoms with van der Waals surface area (Å²) in [6.45, 7) is 3.74. The molecule has 0 aromatic carbocycles. The Balaban J connectivity index is 3.43. The minimum atomic E-state index is -0.218. The molecule has 0 aliphatic heterocycles. The number of aromatic nitrogens is 1. The number of pyridine rings is 1. The smallest absolute Gasteiger partial charge is 0.266 e. The van der Waals surface area contributed by atoms with Crippen molar-refractivity contribution >= 4 is 11.6 Å². The van der Waals surface area contributed by atoms with Gasteiger partial charge in [0.15, 0.2) is 0 Å². The fourth-order valence-corrected chi connectivity index (χ4v) is 0.903. The zero-order valence-corrected chi connectivity index (χ0v) is 6.62. The normalized spacial score (nSPS) is 9.90. The number of hydrogen-bond acceptors (Lipinski definition) is 1. The zero-order chi connectivity index (χ0) is 7.72. The summed E-state index contributed by atoms with van der Waals surface area (Å²) < 4.78 is 0. The van der Waals surface area contributed by atoms with Crippen molar-refractivity contribution in [1.82, 2.24) is 4.98 Å². The molecule has 0 saturated carbocycles. The average Bonchev–Trinajstić information content (AvgIpc) is 1.84. The second-order valence-corrected chi connectivity index (χ2v) is 2.66. The molecular formula is C7H8ClNO. The first-order valence-corrected chi connectivity index (χ1v) is 3.35. The highest BCUT2D eigenvalue weighted by Gasteiger charge is 1.97. The van der Waals surface area contributed by atoms with Gasteiger partial charge in [0.05, 0.1) is 0 Å². The van der Waals surface area contributed by atoms with E-state index in [1.165, 1.54) is 0 Å². The molecule has 0 atom stereocenters. The Hall–Kier alpha value is -0.760. The Kier molecular flexibility index (Phi) is 1.81. The third-order valence-electron chi connectivity index (χ3n) is 1.45. The zero-order valence-electron chi connectivity index (χ0n) is 5.86. The molecule has 10 heavy (non-hydrogen) atoms. The predicted octanol–water partition coefficient (Wildman–Crippen LogP) is 1.65. The molecule has 0 saturated heterocycles. The molecular weight excluding hydrogens is 150 g/mol. The van der Waals surface area contributed by atoms with Crippen LogP contribution in [0.25, 0.3) is 0 Å². The van der Waals surface area contributed by atoms with E-state index < -0.39 is 0 Å². The van der Waals surface area contributed by atoms with Crippen molar-refractivity contribution < 1.29 is 0 Å². The molecule has 0 unspecified atom stereocenters. The summed E-state index contributed by atoms with van der Waals surface area (Å²) in [5.41, 5.74) is 1.66. The van der Waals surface area contributed by atoms with Crippen molar-refractivity contribution in [2.45, 2.75) is 13.8 Å². The van der Waals surface area contributed by atoms with Crippen LogP contribution in [-0.2, 0) is 0 Å². The summed E-state index contributed by atoms with van der Waals surface area (Å²) in [5.74, 6) is 0. The fourth-order valence-electron chi connectivity index (χ4n) is 0.692. The Labute approximate surface area is 63.8 Å². The summed E-state index contributed by atoms with van der Waals surface area (Å²) in [6, 6.07) is 1.66. The van der Waals surface area contributed by atoms with Crippen LogP contribution in [0.1, 0.15) is 11.3 Å². The first-order chi connectivity index (χ1) is 4.61. The maximum Gasteiger partial charge on any atom is 0.266 e. The van der Waals surface area contributed by atoms with E-state index in [2.05, 4.69) is 4.98 Å². The van der Waals surface area contributed by atoms with E-state index in [1.54, 1.807) is 6.07 Å². The van der Waals surface area contributed by atoms with Crippen LogP contribution in [0, 0.1) is 13.8 Å². The standard InChI is InChI=1S/C7H8ClNO/c1-4-3-6(8)7(10)9-5(4)2/h3H,1-2H3,(H,9,10). The van der Waals surface area contributed by atoms with Gasteiger partial charge in [-0.2, -0.15) is 0 Å². The van der Waals surface area contributed by atoms with Crippen LogP contribution in [0.4, 0.5) is 0 Å². The fraction of sp³-hybridized carbons (Fsp3) is 0.286. The minimum absolute atomic E-state index is 0.218. The lowest BCUT2D eigenvalue weighted by Gasteiger charge is -1.97. The van der Waals surface area contributed by atoms with Gasteiger partial charge in [0, 0.05) is 5.69 Å². The Morgan fingerprint density at radius 3 is 2.60 bits per heavy atom. The van der Waals surface area contributed by atoms with Gasteiger partial charge in [0.1, 0.15) is 5.02 Å². The number of halogens is 1. The summed E-state index contributed by atoms with van der Waals surface area (Å²) in [6.07, 6.45) is 0. The lowest BCUT2D eigenvalue weighted by Crippen LogP contribution is -2.08. The van der Waals surface area contributed by atoms with Crippen molar-refractivity contribution in [3.8, 4) is 0 Å². The molecule has 0 aliphatic rings. The maximum absolute atomic E-state index is 10.8.